The Morgan fingerprint density at radius 3 is 2.89 bits per heavy atom. The van der Waals surface area contributed by atoms with Crippen LogP contribution in [0.25, 0.3) is 0 Å². The van der Waals surface area contributed by atoms with Gasteiger partial charge in [-0.1, -0.05) is 0 Å². The molecule has 0 N–H and O–H groups in total. The van der Waals surface area contributed by atoms with Crippen LogP contribution in [0.2, 0.25) is 0 Å². The lowest BCUT2D eigenvalue weighted by molar-refractivity contribution is 0.111. The molecule has 1 fully saturated rings. The van der Waals surface area contributed by atoms with E-state index in [1.165, 1.54) is 0 Å². The molecule has 2 heterocycles. The molecule has 0 radical (unpaired) electrons. The Bertz CT molecular complexity index is 486. The van der Waals surface area contributed by atoms with E-state index >= 15 is 0 Å². The second-order valence-electron chi connectivity index (χ2n) is 4.66. The van der Waals surface area contributed by atoms with Crippen LogP contribution in [-0.4, -0.2) is 49.5 Å². The number of rotatable bonds is 4. The Kier molecular flexibility index (Phi) is 4.30. The molecule has 1 saturated heterocycles. The van der Waals surface area contributed by atoms with Crippen molar-refractivity contribution < 1.29 is 9.47 Å². The van der Waals surface area contributed by atoms with E-state index in [9.17, 15) is 0 Å². The molecule has 2 rings (SSSR count). The van der Waals surface area contributed by atoms with Crippen LogP contribution in [0.3, 0.4) is 0 Å². The van der Waals surface area contributed by atoms with Crippen molar-refractivity contribution in [2.45, 2.75) is 25.5 Å². The SMILES string of the molecule is COC[C@@H]1C[C@@H](OC)CN1c1nc(C)cc(C#N)n1. The Balaban J connectivity index is 2.28. The average Bonchev–Trinajstić information content (AvgIpc) is 2.81. The van der Waals surface area contributed by atoms with Crippen LogP contribution in [0.1, 0.15) is 17.8 Å². The van der Waals surface area contributed by atoms with Gasteiger partial charge in [0.1, 0.15) is 11.8 Å². The molecule has 0 amide bonds. The molecule has 0 bridgehead atoms. The van der Waals surface area contributed by atoms with Gasteiger partial charge in [-0.2, -0.15) is 5.26 Å². The molecule has 1 aromatic heterocycles. The fourth-order valence-electron chi connectivity index (χ4n) is 2.38. The number of aryl methyl sites for hydroxylation is 1. The van der Waals surface area contributed by atoms with Crippen molar-refractivity contribution in [1.29, 1.82) is 5.26 Å². The van der Waals surface area contributed by atoms with Crippen LogP contribution in [0.15, 0.2) is 6.07 Å². The van der Waals surface area contributed by atoms with E-state index in [0.717, 1.165) is 18.7 Å². The quantitative estimate of drug-likeness (QED) is 0.802. The van der Waals surface area contributed by atoms with Gasteiger partial charge in [-0.25, -0.2) is 9.97 Å². The molecule has 1 aliphatic heterocycles. The molecule has 0 spiro atoms. The summed E-state index contributed by atoms with van der Waals surface area (Å²) in [4.78, 5) is 10.8. The van der Waals surface area contributed by atoms with Gasteiger partial charge in [0.2, 0.25) is 5.95 Å². The van der Waals surface area contributed by atoms with Crippen molar-refractivity contribution in [3.63, 3.8) is 0 Å². The maximum absolute atomic E-state index is 8.99. The van der Waals surface area contributed by atoms with E-state index in [1.807, 2.05) is 6.92 Å². The number of anilines is 1. The minimum atomic E-state index is 0.148. The highest BCUT2D eigenvalue weighted by atomic mass is 16.5. The molecule has 0 unspecified atom stereocenters. The Morgan fingerprint density at radius 2 is 2.26 bits per heavy atom. The molecule has 6 heteroatoms. The smallest absolute Gasteiger partial charge is 0.227 e. The van der Waals surface area contributed by atoms with Crippen LogP contribution in [-0.2, 0) is 9.47 Å². The summed E-state index contributed by atoms with van der Waals surface area (Å²) < 4.78 is 10.6. The normalized spacial score (nSPS) is 22.5. The maximum atomic E-state index is 8.99. The number of nitriles is 1. The standard InChI is InChI=1S/C13H18N4O2/c1-9-4-10(6-14)16-13(15-9)17-7-12(19-3)5-11(17)8-18-2/h4,11-12H,5,7-8H2,1-3H3/t11-,12+/m0/s1. The van der Waals surface area contributed by atoms with E-state index < -0.39 is 0 Å². The molecule has 0 aromatic carbocycles. The van der Waals surface area contributed by atoms with Gasteiger partial charge in [-0.3, -0.25) is 0 Å². The van der Waals surface area contributed by atoms with Crippen molar-refractivity contribution >= 4 is 5.95 Å². The highest BCUT2D eigenvalue weighted by molar-refractivity contribution is 5.39. The summed E-state index contributed by atoms with van der Waals surface area (Å²) in [6, 6.07) is 3.93. The molecule has 1 aromatic rings. The van der Waals surface area contributed by atoms with E-state index in [1.54, 1.807) is 20.3 Å². The van der Waals surface area contributed by atoms with Gasteiger partial charge in [0.15, 0.2) is 0 Å². The molecule has 19 heavy (non-hydrogen) atoms. The number of ether oxygens (including phenoxy) is 2. The van der Waals surface area contributed by atoms with Crippen molar-refractivity contribution in [2.24, 2.45) is 0 Å². The minimum Gasteiger partial charge on any atom is -0.383 e. The second-order valence-corrected chi connectivity index (χ2v) is 4.66. The van der Waals surface area contributed by atoms with E-state index in [0.29, 0.717) is 18.2 Å². The lowest BCUT2D eigenvalue weighted by atomic mass is 10.2. The van der Waals surface area contributed by atoms with Gasteiger partial charge < -0.3 is 14.4 Å². The molecule has 0 aliphatic carbocycles. The third kappa shape index (κ3) is 3.00. The van der Waals surface area contributed by atoms with Crippen molar-refractivity contribution in [2.75, 3.05) is 32.3 Å². The highest BCUT2D eigenvalue weighted by Gasteiger charge is 2.34. The van der Waals surface area contributed by atoms with Crippen LogP contribution in [0.4, 0.5) is 5.95 Å². The summed E-state index contributed by atoms with van der Waals surface area (Å²) in [5.74, 6) is 0.582. The Hall–Kier alpha value is -1.71. The lowest BCUT2D eigenvalue weighted by Gasteiger charge is -2.23. The van der Waals surface area contributed by atoms with Gasteiger partial charge in [0, 0.05) is 26.5 Å². The van der Waals surface area contributed by atoms with Crippen molar-refractivity contribution in [3.8, 4) is 6.07 Å². The zero-order chi connectivity index (χ0) is 13.8. The maximum Gasteiger partial charge on any atom is 0.227 e. The number of methoxy groups -OCH3 is 2. The van der Waals surface area contributed by atoms with Gasteiger partial charge in [-0.15, -0.1) is 0 Å². The predicted molar refractivity (Wildman–Crippen MR) is 69.9 cm³/mol. The molecular formula is C13H18N4O2. The summed E-state index contributed by atoms with van der Waals surface area (Å²) in [5.41, 5.74) is 1.18. The van der Waals surface area contributed by atoms with Gasteiger partial charge in [0.25, 0.3) is 0 Å². The molecule has 2 atom stereocenters. The summed E-state index contributed by atoms with van der Waals surface area (Å²) in [5, 5.41) is 8.99. The first kappa shape index (κ1) is 13.7. The van der Waals surface area contributed by atoms with E-state index in [2.05, 4.69) is 20.9 Å². The average molecular weight is 262 g/mol. The third-order valence-electron chi connectivity index (χ3n) is 3.28. The lowest BCUT2D eigenvalue weighted by Crippen LogP contribution is -2.34. The molecule has 1 aliphatic rings. The van der Waals surface area contributed by atoms with Crippen LogP contribution < -0.4 is 4.90 Å². The number of nitrogens with zero attached hydrogens (tertiary/aromatic N) is 4. The first-order valence-electron chi connectivity index (χ1n) is 6.22. The molecular weight excluding hydrogens is 244 g/mol. The van der Waals surface area contributed by atoms with Gasteiger partial charge in [0.05, 0.1) is 18.8 Å². The number of aromatic nitrogens is 2. The molecule has 0 saturated carbocycles. The van der Waals surface area contributed by atoms with Gasteiger partial charge >= 0.3 is 0 Å². The fourth-order valence-corrected chi connectivity index (χ4v) is 2.38. The first-order chi connectivity index (χ1) is 9.17. The largest absolute Gasteiger partial charge is 0.383 e. The van der Waals surface area contributed by atoms with E-state index in [-0.39, 0.29) is 12.1 Å². The first-order valence-corrected chi connectivity index (χ1v) is 6.22. The number of hydrogen-bond acceptors (Lipinski definition) is 6. The zero-order valence-corrected chi connectivity index (χ0v) is 11.5. The zero-order valence-electron chi connectivity index (χ0n) is 11.5. The topological polar surface area (TPSA) is 71.3 Å². The molecule has 6 nitrogen and oxygen atoms in total. The summed E-state index contributed by atoms with van der Waals surface area (Å²) >= 11 is 0. The third-order valence-corrected chi connectivity index (χ3v) is 3.28. The van der Waals surface area contributed by atoms with Crippen LogP contribution >= 0.6 is 0 Å². The minimum absolute atomic E-state index is 0.148. The predicted octanol–water partition coefficient (Wildman–Crippen LogP) is 0.897. The van der Waals surface area contributed by atoms with Gasteiger partial charge in [-0.05, 0) is 19.4 Å². The fraction of sp³-hybridized carbons (Fsp3) is 0.615. The number of hydrogen-bond donors (Lipinski definition) is 0. The monoisotopic (exact) mass is 262 g/mol. The second kappa shape index (κ2) is 5.95. The summed E-state index contributed by atoms with van der Waals surface area (Å²) in [7, 11) is 3.38. The van der Waals surface area contributed by atoms with E-state index in [4.69, 9.17) is 14.7 Å². The Morgan fingerprint density at radius 1 is 1.47 bits per heavy atom. The van der Waals surface area contributed by atoms with Crippen molar-refractivity contribution in [1.82, 2.24) is 9.97 Å². The highest BCUT2D eigenvalue weighted by Crippen LogP contribution is 2.25. The summed E-state index contributed by atoms with van der Waals surface area (Å²) in [6.07, 6.45) is 1.03. The van der Waals surface area contributed by atoms with Crippen molar-refractivity contribution in [3.05, 3.63) is 17.5 Å². The van der Waals surface area contributed by atoms with Crippen LogP contribution in [0.5, 0.6) is 0 Å². The molecule has 102 valence electrons. The summed E-state index contributed by atoms with van der Waals surface area (Å²) in [6.45, 7) is 3.18. The van der Waals surface area contributed by atoms with Crippen LogP contribution in [0, 0.1) is 18.3 Å². The Labute approximate surface area is 113 Å².